The number of amides is 2. The normalized spacial score (nSPS) is 18.8. The summed E-state index contributed by atoms with van der Waals surface area (Å²) in [7, 11) is 0. The van der Waals surface area contributed by atoms with Gasteiger partial charge >= 0.3 is 6.03 Å². The predicted molar refractivity (Wildman–Crippen MR) is 124 cm³/mol. The van der Waals surface area contributed by atoms with Crippen LogP contribution in [0.15, 0.2) is 41.1 Å². The maximum absolute atomic E-state index is 12.1. The number of nitrogens with zero attached hydrogens (tertiary/aromatic N) is 4. The van der Waals surface area contributed by atoms with E-state index in [1.165, 1.54) is 6.26 Å². The van der Waals surface area contributed by atoms with Gasteiger partial charge in [-0.25, -0.2) is 14.8 Å². The van der Waals surface area contributed by atoms with E-state index in [1.54, 1.807) is 6.07 Å². The summed E-state index contributed by atoms with van der Waals surface area (Å²) in [5, 5.41) is 12.7. The molecule has 5 heterocycles. The highest BCUT2D eigenvalue weighted by Crippen LogP contribution is 2.34. The third-order valence-corrected chi connectivity index (χ3v) is 6.36. The Morgan fingerprint density at radius 2 is 1.85 bits per heavy atom. The molecule has 11 nitrogen and oxygen atoms in total. The Kier molecular flexibility index (Phi) is 5.36. The van der Waals surface area contributed by atoms with Gasteiger partial charge in [-0.3, -0.25) is 5.32 Å². The number of hydrogen-bond donors (Lipinski definition) is 3. The largest absolute Gasteiger partial charge is 0.378 e. The lowest BCUT2D eigenvalue weighted by molar-refractivity contribution is -0.0785. The minimum atomic E-state index is -0.401. The molecule has 0 radical (unpaired) electrons. The van der Waals surface area contributed by atoms with Crippen molar-refractivity contribution in [2.24, 2.45) is 0 Å². The summed E-state index contributed by atoms with van der Waals surface area (Å²) in [6.07, 6.45) is 2.21. The van der Waals surface area contributed by atoms with Crippen LogP contribution in [-0.2, 0) is 22.4 Å². The summed E-state index contributed by atoms with van der Waals surface area (Å²) in [5.41, 5.74) is 3.74. The van der Waals surface area contributed by atoms with Crippen LogP contribution in [0.2, 0.25) is 0 Å². The number of morpholine rings is 1. The Morgan fingerprint density at radius 1 is 1.03 bits per heavy atom. The third kappa shape index (κ3) is 4.09. The number of urea groups is 1. The van der Waals surface area contributed by atoms with Crippen molar-refractivity contribution < 1.29 is 18.8 Å². The van der Waals surface area contributed by atoms with Gasteiger partial charge in [-0.05, 0) is 24.3 Å². The monoisotopic (exact) mass is 463 g/mol. The van der Waals surface area contributed by atoms with E-state index in [9.17, 15) is 4.79 Å². The van der Waals surface area contributed by atoms with Gasteiger partial charge in [0.15, 0.2) is 11.6 Å². The van der Waals surface area contributed by atoms with Gasteiger partial charge in [0, 0.05) is 48.9 Å². The second kappa shape index (κ2) is 8.67. The highest BCUT2D eigenvalue weighted by molar-refractivity contribution is 5.99. The van der Waals surface area contributed by atoms with E-state index >= 15 is 0 Å². The van der Waals surface area contributed by atoms with E-state index in [0.29, 0.717) is 43.8 Å². The second-order valence-electron chi connectivity index (χ2n) is 8.74. The number of anilines is 3. The highest BCUT2D eigenvalue weighted by Gasteiger charge is 2.43. The van der Waals surface area contributed by atoms with Crippen molar-refractivity contribution in [1.82, 2.24) is 20.4 Å². The molecular formula is C23H25N7O4. The molecule has 3 aromatic rings. The number of ether oxygens (including phenoxy) is 2. The quantitative estimate of drug-likeness (QED) is 0.533. The zero-order valence-corrected chi connectivity index (χ0v) is 18.5. The summed E-state index contributed by atoms with van der Waals surface area (Å²) in [4.78, 5) is 24.4. The van der Waals surface area contributed by atoms with Crippen LogP contribution in [0.1, 0.15) is 11.3 Å². The van der Waals surface area contributed by atoms with E-state index in [-0.39, 0.29) is 5.54 Å². The first kappa shape index (κ1) is 21.0. The van der Waals surface area contributed by atoms with Gasteiger partial charge in [0.25, 0.3) is 0 Å². The summed E-state index contributed by atoms with van der Waals surface area (Å²) in [6.45, 7) is 5.13. The molecule has 34 heavy (non-hydrogen) atoms. The van der Waals surface area contributed by atoms with Crippen molar-refractivity contribution in [3.8, 4) is 11.4 Å². The fourth-order valence-electron chi connectivity index (χ4n) is 4.48. The molecule has 6 rings (SSSR count). The Hall–Kier alpha value is -3.54. The van der Waals surface area contributed by atoms with Gasteiger partial charge in [-0.1, -0.05) is 5.16 Å². The molecule has 0 aliphatic carbocycles. The Labute approximate surface area is 195 Å². The van der Waals surface area contributed by atoms with Crippen LogP contribution in [-0.4, -0.2) is 66.2 Å². The summed E-state index contributed by atoms with van der Waals surface area (Å²) in [5.74, 6) is 1.99. The minimum Gasteiger partial charge on any atom is -0.378 e. The van der Waals surface area contributed by atoms with Crippen LogP contribution in [0.4, 0.5) is 22.1 Å². The highest BCUT2D eigenvalue weighted by atomic mass is 16.5. The lowest BCUT2D eigenvalue weighted by Gasteiger charge is -2.45. The van der Waals surface area contributed by atoms with Gasteiger partial charge in [-0.2, -0.15) is 0 Å². The fraction of sp³-hybridized carbons (Fsp3) is 0.391. The minimum absolute atomic E-state index is 0.0219. The maximum Gasteiger partial charge on any atom is 0.324 e. The van der Waals surface area contributed by atoms with Gasteiger partial charge in [0.05, 0.1) is 37.7 Å². The molecule has 11 heteroatoms. The smallest absolute Gasteiger partial charge is 0.324 e. The average Bonchev–Trinajstić information content (AvgIpc) is 3.36. The SMILES string of the molecule is O=C(Nc1ccc(-c2nc3c(c(N4CCOCC4)n2)CNC2(COC2)C3)cc1)Nc1ccon1. The summed E-state index contributed by atoms with van der Waals surface area (Å²) < 4.78 is 15.8. The Bertz CT molecular complexity index is 1170. The molecule has 0 unspecified atom stereocenters. The van der Waals surface area contributed by atoms with Crippen molar-refractivity contribution in [2.75, 3.05) is 55.1 Å². The topological polar surface area (TPSA) is 127 Å². The molecule has 1 spiro atoms. The average molecular weight is 463 g/mol. The molecular weight excluding hydrogens is 438 g/mol. The van der Waals surface area contributed by atoms with Crippen molar-refractivity contribution in [3.05, 3.63) is 47.9 Å². The Morgan fingerprint density at radius 3 is 2.56 bits per heavy atom. The van der Waals surface area contributed by atoms with E-state index in [2.05, 4.69) is 26.0 Å². The molecule has 3 aliphatic rings. The molecule has 2 amide bonds. The Balaban J connectivity index is 1.26. The van der Waals surface area contributed by atoms with Crippen LogP contribution in [0.5, 0.6) is 0 Å². The van der Waals surface area contributed by atoms with Crippen LogP contribution in [0, 0.1) is 0 Å². The van der Waals surface area contributed by atoms with Crippen LogP contribution >= 0.6 is 0 Å². The van der Waals surface area contributed by atoms with Gasteiger partial charge in [0.1, 0.15) is 12.1 Å². The molecule has 3 N–H and O–H groups in total. The lowest BCUT2D eigenvalue weighted by atomic mass is 9.86. The van der Waals surface area contributed by atoms with Crippen molar-refractivity contribution in [3.63, 3.8) is 0 Å². The van der Waals surface area contributed by atoms with E-state index in [1.807, 2.05) is 24.3 Å². The lowest BCUT2D eigenvalue weighted by Crippen LogP contribution is -2.63. The van der Waals surface area contributed by atoms with Crippen molar-refractivity contribution >= 4 is 23.4 Å². The first-order valence-corrected chi connectivity index (χ1v) is 11.3. The number of nitrogens with one attached hydrogen (secondary N) is 3. The van der Waals surface area contributed by atoms with E-state index < -0.39 is 6.03 Å². The van der Waals surface area contributed by atoms with Crippen LogP contribution in [0.3, 0.4) is 0 Å². The predicted octanol–water partition coefficient (Wildman–Crippen LogP) is 2.03. The molecule has 2 saturated heterocycles. The summed E-state index contributed by atoms with van der Waals surface area (Å²) in [6, 6.07) is 8.66. The molecule has 0 saturated carbocycles. The van der Waals surface area contributed by atoms with E-state index in [4.69, 9.17) is 24.0 Å². The molecule has 2 aromatic heterocycles. The molecule has 1 aromatic carbocycles. The van der Waals surface area contributed by atoms with Crippen molar-refractivity contribution in [1.29, 1.82) is 0 Å². The zero-order valence-electron chi connectivity index (χ0n) is 18.5. The van der Waals surface area contributed by atoms with Crippen LogP contribution in [0.25, 0.3) is 11.4 Å². The van der Waals surface area contributed by atoms with Gasteiger partial charge in [-0.15, -0.1) is 0 Å². The number of aromatic nitrogens is 3. The molecule has 3 aliphatic heterocycles. The molecule has 0 bridgehead atoms. The second-order valence-corrected chi connectivity index (χ2v) is 8.74. The van der Waals surface area contributed by atoms with Crippen molar-refractivity contribution in [2.45, 2.75) is 18.5 Å². The number of carbonyl (C=O) groups excluding carboxylic acids is 1. The molecule has 0 atom stereocenters. The van der Waals surface area contributed by atoms with Crippen LogP contribution < -0.4 is 20.9 Å². The molecule has 2 fully saturated rings. The third-order valence-electron chi connectivity index (χ3n) is 6.36. The number of hydrogen-bond acceptors (Lipinski definition) is 9. The number of carbonyl (C=O) groups is 1. The molecule has 176 valence electrons. The first-order chi connectivity index (χ1) is 16.7. The van der Waals surface area contributed by atoms with E-state index in [0.717, 1.165) is 48.7 Å². The summed E-state index contributed by atoms with van der Waals surface area (Å²) >= 11 is 0. The number of benzene rings is 1. The van der Waals surface area contributed by atoms with Gasteiger partial charge in [0.2, 0.25) is 0 Å². The standard InChI is InChI=1S/C23H25N7O4/c31-22(27-19-5-8-34-29-19)25-16-3-1-15(2-4-16)20-26-18-11-23(13-33-14-23)24-12-17(18)21(28-20)30-6-9-32-10-7-30/h1-5,8,24H,6-7,9-14H2,(H2,25,27,29,31). The number of rotatable bonds is 4. The maximum atomic E-state index is 12.1. The fourth-order valence-corrected chi connectivity index (χ4v) is 4.48. The van der Waals surface area contributed by atoms with Gasteiger partial charge < -0.3 is 29.5 Å². The zero-order chi connectivity index (χ0) is 23.0. The first-order valence-electron chi connectivity index (χ1n) is 11.3. The number of fused-ring (bicyclic) bond motifs is 1.